The lowest BCUT2D eigenvalue weighted by molar-refractivity contribution is -0.190. The van der Waals surface area contributed by atoms with Gasteiger partial charge in [-0.25, -0.2) is 0 Å². The highest BCUT2D eigenvalue weighted by Crippen LogP contribution is 2.67. The zero-order chi connectivity index (χ0) is 18.9. The molecule has 0 unspecified atom stereocenters. The smallest absolute Gasteiger partial charge is 0.161 e. The Bertz CT molecular complexity index is 724. The molecule has 4 aliphatic carbocycles. The van der Waals surface area contributed by atoms with Crippen LogP contribution in [0.4, 0.5) is 0 Å². The zero-order valence-electron chi connectivity index (χ0n) is 15.6. The van der Waals surface area contributed by atoms with Gasteiger partial charge in [0, 0.05) is 30.1 Å². The van der Waals surface area contributed by atoms with Crippen molar-refractivity contribution in [3.63, 3.8) is 0 Å². The third kappa shape index (κ3) is 2.07. The highest BCUT2D eigenvalue weighted by atomic mass is 16.3. The van der Waals surface area contributed by atoms with E-state index < -0.39 is 23.5 Å². The van der Waals surface area contributed by atoms with Gasteiger partial charge < -0.3 is 10.2 Å². The zero-order valence-corrected chi connectivity index (χ0v) is 15.6. The SMILES string of the molecule is C[C@]12CCC(=O)C=C1CC[C@@H]1[C@@H]2C(=O)C[C@]2(C)[C@@H](C(=O)CO)CC[C@]12O. The summed E-state index contributed by atoms with van der Waals surface area (Å²) in [5.74, 6) is -0.933. The van der Waals surface area contributed by atoms with Crippen molar-refractivity contribution >= 4 is 17.3 Å². The molecule has 142 valence electrons. The number of carbonyl (C=O) groups is 3. The lowest BCUT2D eigenvalue weighted by Gasteiger charge is -2.60. The molecule has 3 saturated carbocycles. The number of carbonyl (C=O) groups excluding carboxylic acids is 3. The molecule has 4 aliphatic rings. The van der Waals surface area contributed by atoms with Crippen molar-refractivity contribution in [1.29, 1.82) is 0 Å². The van der Waals surface area contributed by atoms with Crippen LogP contribution in [0.2, 0.25) is 0 Å². The maximum atomic E-state index is 13.3. The fraction of sp³-hybridized carbons (Fsp3) is 0.762. The first kappa shape index (κ1) is 18.1. The van der Waals surface area contributed by atoms with Crippen LogP contribution in [0.1, 0.15) is 58.8 Å². The summed E-state index contributed by atoms with van der Waals surface area (Å²) >= 11 is 0. The Morgan fingerprint density at radius 2 is 1.92 bits per heavy atom. The minimum absolute atomic E-state index is 0.113. The van der Waals surface area contributed by atoms with E-state index in [9.17, 15) is 24.6 Å². The molecular weight excluding hydrogens is 332 g/mol. The molecule has 2 N–H and O–H groups in total. The highest BCUT2D eigenvalue weighted by molar-refractivity contribution is 5.93. The summed E-state index contributed by atoms with van der Waals surface area (Å²) in [5.41, 5.74) is -1.15. The fourth-order valence-electron chi connectivity index (χ4n) is 6.96. The van der Waals surface area contributed by atoms with Gasteiger partial charge in [0.05, 0.1) is 5.60 Å². The molecule has 6 atom stereocenters. The summed E-state index contributed by atoms with van der Waals surface area (Å²) in [7, 11) is 0. The second kappa shape index (κ2) is 5.59. The van der Waals surface area contributed by atoms with Crippen molar-refractivity contribution in [1.82, 2.24) is 0 Å². The van der Waals surface area contributed by atoms with Crippen molar-refractivity contribution in [2.24, 2.45) is 28.6 Å². The second-order valence-corrected chi connectivity index (χ2v) is 9.38. The van der Waals surface area contributed by atoms with Gasteiger partial charge in [0.2, 0.25) is 0 Å². The normalized spacial score (nSPS) is 47.7. The molecule has 0 spiro atoms. The van der Waals surface area contributed by atoms with E-state index in [0.29, 0.717) is 32.1 Å². The van der Waals surface area contributed by atoms with Crippen molar-refractivity contribution in [3.8, 4) is 0 Å². The monoisotopic (exact) mass is 360 g/mol. The molecule has 0 amide bonds. The predicted molar refractivity (Wildman–Crippen MR) is 94.1 cm³/mol. The first-order chi connectivity index (χ1) is 12.2. The average molecular weight is 360 g/mol. The maximum absolute atomic E-state index is 13.3. The number of rotatable bonds is 2. The number of aliphatic hydroxyl groups excluding tert-OH is 1. The third-order valence-electron chi connectivity index (χ3n) is 8.39. The van der Waals surface area contributed by atoms with Crippen LogP contribution < -0.4 is 0 Å². The third-order valence-corrected chi connectivity index (χ3v) is 8.39. The number of fused-ring (bicyclic) bond motifs is 5. The number of ketones is 3. The largest absolute Gasteiger partial charge is 0.389 e. The van der Waals surface area contributed by atoms with Crippen LogP contribution >= 0.6 is 0 Å². The number of hydrogen-bond acceptors (Lipinski definition) is 5. The lowest BCUT2D eigenvalue weighted by Crippen LogP contribution is -2.64. The molecule has 0 saturated heterocycles. The molecular formula is C21H28O5. The fourth-order valence-corrected chi connectivity index (χ4v) is 6.96. The van der Waals surface area contributed by atoms with Gasteiger partial charge in [-0.2, -0.15) is 0 Å². The van der Waals surface area contributed by atoms with Gasteiger partial charge in [-0.15, -0.1) is 0 Å². The van der Waals surface area contributed by atoms with E-state index in [1.165, 1.54) is 0 Å². The van der Waals surface area contributed by atoms with Crippen LogP contribution in [0.5, 0.6) is 0 Å². The van der Waals surface area contributed by atoms with E-state index in [-0.39, 0.29) is 41.0 Å². The summed E-state index contributed by atoms with van der Waals surface area (Å²) in [5, 5.41) is 21.1. The van der Waals surface area contributed by atoms with E-state index in [0.717, 1.165) is 12.0 Å². The molecule has 0 heterocycles. The van der Waals surface area contributed by atoms with Crippen LogP contribution in [0, 0.1) is 28.6 Å². The Balaban J connectivity index is 1.77. The Kier molecular flexibility index (Phi) is 3.88. The Morgan fingerprint density at radius 1 is 1.19 bits per heavy atom. The van der Waals surface area contributed by atoms with Crippen molar-refractivity contribution in [2.75, 3.05) is 6.61 Å². The molecule has 0 aromatic heterocycles. The van der Waals surface area contributed by atoms with Gasteiger partial charge in [-0.1, -0.05) is 19.4 Å². The van der Waals surface area contributed by atoms with Gasteiger partial charge in [0.25, 0.3) is 0 Å². The molecule has 3 fully saturated rings. The second-order valence-electron chi connectivity index (χ2n) is 9.38. The topological polar surface area (TPSA) is 91.7 Å². The average Bonchev–Trinajstić information content (AvgIpc) is 2.86. The van der Waals surface area contributed by atoms with E-state index >= 15 is 0 Å². The summed E-state index contributed by atoms with van der Waals surface area (Å²) in [6.45, 7) is 3.41. The minimum atomic E-state index is -1.06. The first-order valence-electron chi connectivity index (χ1n) is 9.80. The number of allylic oxidation sites excluding steroid dienone is 1. The Hall–Kier alpha value is -1.33. The minimum Gasteiger partial charge on any atom is -0.389 e. The molecule has 5 nitrogen and oxygen atoms in total. The van der Waals surface area contributed by atoms with E-state index in [4.69, 9.17) is 0 Å². The molecule has 0 radical (unpaired) electrons. The van der Waals surface area contributed by atoms with Gasteiger partial charge in [-0.05, 0) is 49.5 Å². The molecule has 5 heteroatoms. The van der Waals surface area contributed by atoms with E-state index in [1.54, 1.807) is 6.08 Å². The molecule has 0 aliphatic heterocycles. The van der Waals surface area contributed by atoms with E-state index in [2.05, 4.69) is 6.92 Å². The Labute approximate surface area is 153 Å². The Morgan fingerprint density at radius 3 is 2.62 bits per heavy atom. The summed E-state index contributed by atoms with van der Waals surface area (Å²) < 4.78 is 0. The van der Waals surface area contributed by atoms with Crippen molar-refractivity contribution in [2.45, 2.75) is 64.4 Å². The van der Waals surface area contributed by atoms with Crippen molar-refractivity contribution in [3.05, 3.63) is 11.6 Å². The number of hydrogen-bond donors (Lipinski definition) is 2. The van der Waals surface area contributed by atoms with Crippen LogP contribution in [0.15, 0.2) is 11.6 Å². The lowest BCUT2D eigenvalue weighted by atomic mass is 9.44. The predicted octanol–water partition coefficient (Wildman–Crippen LogP) is 1.99. The van der Waals surface area contributed by atoms with Crippen molar-refractivity contribution < 1.29 is 24.6 Å². The van der Waals surface area contributed by atoms with Crippen LogP contribution in [-0.4, -0.2) is 39.8 Å². The van der Waals surface area contributed by atoms with Gasteiger partial charge in [0.15, 0.2) is 11.6 Å². The summed E-state index contributed by atoms with van der Waals surface area (Å²) in [4.78, 5) is 37.5. The van der Waals surface area contributed by atoms with Crippen LogP contribution in [-0.2, 0) is 14.4 Å². The molecule has 0 bridgehead atoms. The summed E-state index contributed by atoms with van der Waals surface area (Å²) in [6, 6.07) is 0. The van der Waals surface area contributed by atoms with Gasteiger partial charge >= 0.3 is 0 Å². The van der Waals surface area contributed by atoms with Gasteiger partial charge in [-0.3, -0.25) is 14.4 Å². The highest BCUT2D eigenvalue weighted by Gasteiger charge is 2.69. The van der Waals surface area contributed by atoms with Crippen LogP contribution in [0.25, 0.3) is 0 Å². The molecule has 0 aromatic rings. The first-order valence-corrected chi connectivity index (χ1v) is 9.80. The maximum Gasteiger partial charge on any atom is 0.161 e. The summed E-state index contributed by atoms with van der Waals surface area (Å²) in [6.07, 6.45) is 5.47. The quantitative estimate of drug-likeness (QED) is 0.786. The van der Waals surface area contributed by atoms with Crippen LogP contribution in [0.3, 0.4) is 0 Å². The van der Waals surface area contributed by atoms with Gasteiger partial charge in [0.1, 0.15) is 12.4 Å². The molecule has 0 aromatic carbocycles. The van der Waals surface area contributed by atoms with E-state index in [1.807, 2.05) is 6.92 Å². The molecule has 4 rings (SSSR count). The number of aliphatic hydroxyl groups is 2. The molecule has 26 heavy (non-hydrogen) atoms. The number of Topliss-reactive ketones (excluding diaryl/α,β-unsaturated/α-hetero) is 2. The standard InChI is InChI=1S/C21H28O5/c1-19-7-5-13(23)9-12(19)3-4-15-18(19)16(24)10-20(2)14(17(25)11-22)6-8-21(15,20)26/h9,14-15,18,22,26H,3-8,10-11H2,1-2H3/t14-,15-,18-,19+,20-,21+/m1/s1.